The smallest absolute Gasteiger partial charge is 0.306 e. The SMILES string of the molecule is CC/C=C\C/C=C\C/C=C\C/C=C\C/C=C\CCCCCCCCCCCCCCCC(=O)OCC(COC(=O)CCCCCCCCC)OC(=O)CCCCCCC/C=C\C/C=C\CCC. The van der Waals surface area contributed by atoms with Gasteiger partial charge in [-0.05, 0) is 89.9 Å². The van der Waals surface area contributed by atoms with E-state index in [1.807, 2.05) is 0 Å². The quantitative estimate of drug-likeness (QED) is 0.0262. The average Bonchev–Trinajstić information content (AvgIpc) is 3.33. The number of unbranched alkanes of at least 4 members (excludes halogenated alkanes) is 25. The van der Waals surface area contributed by atoms with Crippen LogP contribution in [0.1, 0.15) is 265 Å². The number of carbonyl (C=O) groups excluding carboxylic acids is 3. The fourth-order valence-corrected chi connectivity index (χ4v) is 7.68. The van der Waals surface area contributed by atoms with Crippen LogP contribution < -0.4 is 0 Å². The highest BCUT2D eigenvalue weighted by Gasteiger charge is 2.19. The third kappa shape index (κ3) is 53.4. The van der Waals surface area contributed by atoms with Gasteiger partial charge in [0.2, 0.25) is 0 Å². The normalized spacial score (nSPS) is 12.7. The molecule has 0 fully saturated rings. The van der Waals surface area contributed by atoms with Gasteiger partial charge in [0.1, 0.15) is 13.2 Å². The molecule has 0 amide bonds. The Bertz CT molecular complexity index is 1300. The molecule has 0 aromatic carbocycles. The van der Waals surface area contributed by atoms with Gasteiger partial charge in [0.15, 0.2) is 6.10 Å². The van der Waals surface area contributed by atoms with Crippen LogP contribution in [0.25, 0.3) is 0 Å². The summed E-state index contributed by atoms with van der Waals surface area (Å²) in [6, 6.07) is 0. The maximum atomic E-state index is 12.8. The predicted octanol–water partition coefficient (Wildman–Crippen LogP) is 18.8. The van der Waals surface area contributed by atoms with E-state index in [9.17, 15) is 14.4 Å². The molecule has 6 heteroatoms. The van der Waals surface area contributed by atoms with E-state index in [0.29, 0.717) is 19.3 Å². The molecule has 0 N–H and O–H groups in total. The van der Waals surface area contributed by atoms with Crippen molar-refractivity contribution in [3.8, 4) is 0 Å². The van der Waals surface area contributed by atoms with E-state index >= 15 is 0 Å². The fourth-order valence-electron chi connectivity index (χ4n) is 7.68. The Labute approximate surface area is 414 Å². The number of esters is 3. The van der Waals surface area contributed by atoms with E-state index in [1.54, 1.807) is 0 Å². The van der Waals surface area contributed by atoms with Crippen molar-refractivity contribution >= 4 is 17.9 Å². The second kappa shape index (κ2) is 55.2. The zero-order chi connectivity index (χ0) is 48.6. The molecule has 0 aliphatic rings. The van der Waals surface area contributed by atoms with Crippen LogP contribution >= 0.6 is 0 Å². The lowest BCUT2D eigenvalue weighted by Crippen LogP contribution is -2.30. The molecule has 0 aromatic rings. The summed E-state index contributed by atoms with van der Waals surface area (Å²) in [5.41, 5.74) is 0. The molecule has 0 rings (SSSR count). The monoisotopic (exact) mass is 933 g/mol. The molecular formula is C61H104O6. The predicted molar refractivity (Wildman–Crippen MR) is 288 cm³/mol. The van der Waals surface area contributed by atoms with Crippen molar-refractivity contribution < 1.29 is 28.6 Å². The van der Waals surface area contributed by atoms with Crippen molar-refractivity contribution in [3.63, 3.8) is 0 Å². The van der Waals surface area contributed by atoms with E-state index in [0.717, 1.165) is 122 Å². The molecule has 0 radical (unpaired) electrons. The summed E-state index contributed by atoms with van der Waals surface area (Å²) in [6.45, 7) is 6.41. The maximum absolute atomic E-state index is 12.8. The molecule has 0 saturated carbocycles. The highest BCUT2D eigenvalue weighted by atomic mass is 16.6. The van der Waals surface area contributed by atoms with Gasteiger partial charge in [-0.25, -0.2) is 0 Å². The maximum Gasteiger partial charge on any atom is 0.306 e. The van der Waals surface area contributed by atoms with Gasteiger partial charge in [0.05, 0.1) is 0 Å². The molecule has 0 aliphatic heterocycles. The van der Waals surface area contributed by atoms with Crippen molar-refractivity contribution in [1.29, 1.82) is 0 Å². The highest BCUT2D eigenvalue weighted by Crippen LogP contribution is 2.15. The van der Waals surface area contributed by atoms with Crippen LogP contribution in [-0.4, -0.2) is 37.2 Å². The summed E-state index contributed by atoms with van der Waals surface area (Å²) >= 11 is 0. The zero-order valence-electron chi connectivity index (χ0n) is 43.9. The van der Waals surface area contributed by atoms with Crippen LogP contribution in [0.4, 0.5) is 0 Å². The number of carbonyl (C=O) groups is 3. The van der Waals surface area contributed by atoms with Crippen LogP contribution in [0.5, 0.6) is 0 Å². The summed E-state index contributed by atoms with van der Waals surface area (Å²) in [7, 11) is 0. The van der Waals surface area contributed by atoms with Gasteiger partial charge in [-0.2, -0.15) is 0 Å². The summed E-state index contributed by atoms with van der Waals surface area (Å²) in [5.74, 6) is -0.900. The lowest BCUT2D eigenvalue weighted by Gasteiger charge is -2.18. The van der Waals surface area contributed by atoms with Crippen molar-refractivity contribution in [2.45, 2.75) is 271 Å². The van der Waals surface area contributed by atoms with Crippen LogP contribution in [0.3, 0.4) is 0 Å². The summed E-state index contributed by atoms with van der Waals surface area (Å²) < 4.78 is 16.7. The molecule has 0 aromatic heterocycles. The Balaban J connectivity index is 4.09. The van der Waals surface area contributed by atoms with E-state index in [-0.39, 0.29) is 31.1 Å². The molecule has 1 atom stereocenters. The molecule has 1 unspecified atom stereocenters. The lowest BCUT2D eigenvalue weighted by molar-refractivity contribution is -0.167. The number of rotatable bonds is 50. The van der Waals surface area contributed by atoms with E-state index in [1.165, 1.54) is 103 Å². The van der Waals surface area contributed by atoms with Crippen molar-refractivity contribution in [3.05, 3.63) is 85.1 Å². The number of allylic oxidation sites excluding steroid dienone is 14. The topological polar surface area (TPSA) is 78.9 Å². The Kier molecular flexibility index (Phi) is 52.4. The standard InChI is InChI=1S/C61H104O6/c1-4-7-10-13-16-18-20-22-23-24-25-26-27-28-29-30-31-32-33-34-35-36-37-39-40-42-45-48-51-54-60(63)66-57-58(56-65-59(62)53-50-47-44-15-12-9-6-3)67-61(64)55-52-49-46-43-41-38-21-19-17-14-11-8-5-2/h7,10-11,14,16,18-19,21-23,25-26,28-29,58H,4-6,8-9,12-13,15,17,20,24,27,30-57H2,1-3H3/b10-7-,14-11-,18-16-,21-19-,23-22-,26-25-,29-28-. The first-order valence-corrected chi connectivity index (χ1v) is 28.1. The number of ether oxygens (including phenoxy) is 3. The van der Waals surface area contributed by atoms with Gasteiger partial charge in [-0.15, -0.1) is 0 Å². The van der Waals surface area contributed by atoms with Gasteiger partial charge >= 0.3 is 17.9 Å². The Morgan fingerprint density at radius 1 is 0.313 bits per heavy atom. The van der Waals surface area contributed by atoms with E-state index in [4.69, 9.17) is 14.2 Å². The molecule has 0 bridgehead atoms. The molecule has 384 valence electrons. The van der Waals surface area contributed by atoms with Crippen LogP contribution in [0.15, 0.2) is 85.1 Å². The van der Waals surface area contributed by atoms with Crippen LogP contribution in [-0.2, 0) is 28.6 Å². The van der Waals surface area contributed by atoms with Gasteiger partial charge in [0.25, 0.3) is 0 Å². The molecular weight excluding hydrogens is 829 g/mol. The third-order valence-electron chi connectivity index (χ3n) is 11.9. The van der Waals surface area contributed by atoms with Crippen molar-refractivity contribution in [1.82, 2.24) is 0 Å². The van der Waals surface area contributed by atoms with Crippen LogP contribution in [0.2, 0.25) is 0 Å². The van der Waals surface area contributed by atoms with Crippen molar-refractivity contribution in [2.24, 2.45) is 0 Å². The Morgan fingerprint density at radius 3 is 0.970 bits per heavy atom. The van der Waals surface area contributed by atoms with Gasteiger partial charge < -0.3 is 14.2 Å². The first-order valence-electron chi connectivity index (χ1n) is 28.1. The van der Waals surface area contributed by atoms with E-state index in [2.05, 4.69) is 106 Å². The molecule has 0 aliphatic carbocycles. The van der Waals surface area contributed by atoms with Gasteiger partial charge in [-0.1, -0.05) is 241 Å². The van der Waals surface area contributed by atoms with Gasteiger partial charge in [0, 0.05) is 19.3 Å². The minimum atomic E-state index is -0.779. The molecule has 0 heterocycles. The second-order valence-electron chi connectivity index (χ2n) is 18.5. The molecule has 67 heavy (non-hydrogen) atoms. The first-order chi connectivity index (χ1) is 33.0. The van der Waals surface area contributed by atoms with Crippen LogP contribution in [0, 0.1) is 0 Å². The number of hydrogen-bond acceptors (Lipinski definition) is 6. The molecule has 6 nitrogen and oxygen atoms in total. The van der Waals surface area contributed by atoms with Crippen molar-refractivity contribution in [2.75, 3.05) is 13.2 Å². The molecule has 0 spiro atoms. The largest absolute Gasteiger partial charge is 0.462 e. The highest BCUT2D eigenvalue weighted by molar-refractivity contribution is 5.71. The first kappa shape index (κ1) is 63.6. The van der Waals surface area contributed by atoms with Gasteiger partial charge in [-0.3, -0.25) is 14.4 Å². The molecule has 0 saturated heterocycles. The summed E-state index contributed by atoms with van der Waals surface area (Å²) in [5, 5.41) is 0. The average molecular weight is 933 g/mol. The number of hydrogen-bond donors (Lipinski definition) is 0. The Hall–Kier alpha value is -3.41. The zero-order valence-corrected chi connectivity index (χ0v) is 43.9. The fraction of sp³-hybridized carbons (Fsp3) is 0.721. The van der Waals surface area contributed by atoms with E-state index < -0.39 is 6.10 Å². The minimum absolute atomic E-state index is 0.0807. The Morgan fingerprint density at radius 2 is 0.612 bits per heavy atom. The lowest BCUT2D eigenvalue weighted by atomic mass is 10.0. The summed E-state index contributed by atoms with van der Waals surface area (Å²) in [4.78, 5) is 37.8. The second-order valence-corrected chi connectivity index (χ2v) is 18.5. The summed E-state index contributed by atoms with van der Waals surface area (Å²) in [6.07, 6.45) is 71.7. The minimum Gasteiger partial charge on any atom is -0.462 e. The third-order valence-corrected chi connectivity index (χ3v) is 11.9.